The highest BCUT2D eigenvalue weighted by Gasteiger charge is 2.08. The van der Waals surface area contributed by atoms with Crippen LogP contribution in [0.5, 0.6) is 5.75 Å². The number of para-hydroxylation sites is 1. The summed E-state index contributed by atoms with van der Waals surface area (Å²) in [5.74, 6) is 0.475. The maximum atomic E-state index is 12.4. The number of ether oxygens (including phenoxy) is 2. The van der Waals surface area contributed by atoms with Gasteiger partial charge in [0.05, 0.1) is 18.3 Å². The Bertz CT molecular complexity index is 1150. The highest BCUT2D eigenvalue weighted by molar-refractivity contribution is 6.08. The molecule has 0 unspecified atom stereocenters. The van der Waals surface area contributed by atoms with Crippen molar-refractivity contribution < 1.29 is 19.1 Å². The Balaban J connectivity index is 0.000000491. The van der Waals surface area contributed by atoms with Crippen molar-refractivity contribution in [2.24, 2.45) is 0 Å². The second kappa shape index (κ2) is 10.7. The number of nitrogens with zero attached hydrogens (tertiary/aromatic N) is 1. The molecule has 0 radical (unpaired) electrons. The number of hydrogen-bond donors (Lipinski definition) is 0. The smallest absolute Gasteiger partial charge is 0.302 e. The summed E-state index contributed by atoms with van der Waals surface area (Å²) in [6, 6.07) is 28.5. The molecule has 5 heteroatoms. The van der Waals surface area contributed by atoms with E-state index in [-0.39, 0.29) is 11.8 Å². The van der Waals surface area contributed by atoms with Crippen molar-refractivity contribution in [1.82, 2.24) is 4.98 Å². The predicted octanol–water partition coefficient (Wildman–Crippen LogP) is 5.22. The van der Waals surface area contributed by atoms with Crippen LogP contribution in [0, 0.1) is 0 Å². The molecule has 0 saturated heterocycles. The monoisotopic (exact) mass is 413 g/mol. The van der Waals surface area contributed by atoms with Gasteiger partial charge in [-0.2, -0.15) is 0 Å². The molecule has 0 aliphatic carbocycles. The summed E-state index contributed by atoms with van der Waals surface area (Å²) in [5, 5.41) is 1.11. The Morgan fingerprint density at radius 2 is 1.39 bits per heavy atom. The van der Waals surface area contributed by atoms with E-state index in [2.05, 4.69) is 9.72 Å². The quantitative estimate of drug-likeness (QED) is 0.331. The summed E-state index contributed by atoms with van der Waals surface area (Å²) in [4.78, 5) is 26.6. The maximum absolute atomic E-state index is 12.4. The number of carbonyl (C=O) groups is 2. The predicted molar refractivity (Wildman–Crippen MR) is 120 cm³/mol. The molecule has 3 aromatic carbocycles. The number of rotatable bonds is 5. The summed E-state index contributed by atoms with van der Waals surface area (Å²) in [6.45, 7) is 1.75. The summed E-state index contributed by atoms with van der Waals surface area (Å²) in [7, 11) is 1.35. The van der Waals surface area contributed by atoms with Crippen LogP contribution >= 0.6 is 0 Å². The standard InChI is InChI=1S/C23H17NO2.C3H6O2/c25-23(18-7-2-1-3-8-18)19-11-14-21(15-12-19)26-16-20-13-10-17-6-4-5-9-22(17)24-20;1-3(4)5-2/h1-15H,16H2;1-2H3. The van der Waals surface area contributed by atoms with E-state index in [9.17, 15) is 9.59 Å². The number of carbonyl (C=O) groups excluding carboxylic acids is 2. The van der Waals surface area contributed by atoms with E-state index in [4.69, 9.17) is 4.74 Å². The number of aromatic nitrogens is 1. The van der Waals surface area contributed by atoms with Crippen LogP contribution in [-0.4, -0.2) is 23.8 Å². The average Bonchev–Trinajstić information content (AvgIpc) is 2.83. The number of fused-ring (bicyclic) bond motifs is 1. The molecule has 1 aromatic heterocycles. The third-order valence-corrected chi connectivity index (χ3v) is 4.48. The second-order valence-corrected chi connectivity index (χ2v) is 6.70. The van der Waals surface area contributed by atoms with Crippen LogP contribution in [0.25, 0.3) is 10.9 Å². The lowest BCUT2D eigenvalue weighted by Crippen LogP contribution is -2.02. The number of esters is 1. The molecule has 0 spiro atoms. The Hall–Kier alpha value is -3.99. The first-order valence-corrected chi connectivity index (χ1v) is 9.78. The SMILES string of the molecule is COC(C)=O.O=C(c1ccccc1)c1ccc(OCc2ccc3ccccc3n2)cc1. The van der Waals surface area contributed by atoms with E-state index in [0.717, 1.165) is 16.6 Å². The molecular weight excluding hydrogens is 390 g/mol. The van der Waals surface area contributed by atoms with Gasteiger partial charge < -0.3 is 9.47 Å². The Kier molecular flexibility index (Phi) is 7.49. The zero-order valence-corrected chi connectivity index (χ0v) is 17.4. The molecule has 0 N–H and O–H groups in total. The molecule has 1 heterocycles. The minimum absolute atomic E-state index is 0.00773. The summed E-state index contributed by atoms with van der Waals surface area (Å²) >= 11 is 0. The Labute approximate surface area is 181 Å². The molecule has 4 aromatic rings. The van der Waals surface area contributed by atoms with Crippen molar-refractivity contribution in [2.75, 3.05) is 7.11 Å². The minimum Gasteiger partial charge on any atom is -0.487 e. The summed E-state index contributed by atoms with van der Waals surface area (Å²) in [6.07, 6.45) is 0. The molecule has 5 nitrogen and oxygen atoms in total. The lowest BCUT2D eigenvalue weighted by molar-refractivity contribution is -0.137. The summed E-state index contributed by atoms with van der Waals surface area (Å²) < 4.78 is 9.92. The highest BCUT2D eigenvalue weighted by atomic mass is 16.5. The molecule has 0 bridgehead atoms. The largest absolute Gasteiger partial charge is 0.487 e. The zero-order chi connectivity index (χ0) is 22.1. The fraction of sp³-hybridized carbons (Fsp3) is 0.115. The number of methoxy groups -OCH3 is 1. The highest BCUT2D eigenvalue weighted by Crippen LogP contribution is 2.18. The van der Waals surface area contributed by atoms with E-state index in [0.29, 0.717) is 23.5 Å². The molecule has 31 heavy (non-hydrogen) atoms. The van der Waals surface area contributed by atoms with Gasteiger partial charge in [0.25, 0.3) is 0 Å². The van der Waals surface area contributed by atoms with Gasteiger partial charge >= 0.3 is 5.97 Å². The third kappa shape index (κ3) is 6.24. The van der Waals surface area contributed by atoms with Crippen LogP contribution < -0.4 is 4.74 Å². The first-order chi connectivity index (χ1) is 15.1. The third-order valence-electron chi connectivity index (χ3n) is 4.48. The van der Waals surface area contributed by atoms with Crippen molar-refractivity contribution in [3.63, 3.8) is 0 Å². The van der Waals surface area contributed by atoms with Crippen LogP contribution in [0.1, 0.15) is 28.5 Å². The molecule has 0 saturated carbocycles. The van der Waals surface area contributed by atoms with Gasteiger partial charge in [0.2, 0.25) is 0 Å². The Morgan fingerprint density at radius 1 is 0.774 bits per heavy atom. The van der Waals surface area contributed by atoms with E-state index in [1.165, 1.54) is 14.0 Å². The molecule has 4 rings (SSSR count). The lowest BCUT2D eigenvalue weighted by Gasteiger charge is -2.08. The molecule has 0 fully saturated rings. The van der Waals surface area contributed by atoms with Gasteiger partial charge in [-0.25, -0.2) is 4.98 Å². The molecule has 0 atom stereocenters. The van der Waals surface area contributed by atoms with Crippen molar-refractivity contribution in [1.29, 1.82) is 0 Å². The van der Waals surface area contributed by atoms with E-state index >= 15 is 0 Å². The normalized spacial score (nSPS) is 10.0. The average molecular weight is 413 g/mol. The molecule has 0 aliphatic heterocycles. The number of benzene rings is 3. The van der Waals surface area contributed by atoms with Crippen LogP contribution in [-0.2, 0) is 16.1 Å². The van der Waals surface area contributed by atoms with Gasteiger partial charge in [-0.1, -0.05) is 54.6 Å². The van der Waals surface area contributed by atoms with Crippen molar-refractivity contribution in [2.45, 2.75) is 13.5 Å². The minimum atomic E-state index is -0.245. The van der Waals surface area contributed by atoms with E-state index < -0.39 is 0 Å². The maximum Gasteiger partial charge on any atom is 0.302 e. The number of hydrogen-bond acceptors (Lipinski definition) is 5. The van der Waals surface area contributed by atoms with Crippen LogP contribution in [0.4, 0.5) is 0 Å². The van der Waals surface area contributed by atoms with Crippen molar-refractivity contribution in [3.05, 3.63) is 108 Å². The lowest BCUT2D eigenvalue weighted by atomic mass is 10.0. The fourth-order valence-corrected chi connectivity index (χ4v) is 2.80. The fourth-order valence-electron chi connectivity index (χ4n) is 2.80. The topological polar surface area (TPSA) is 65.5 Å². The molecule has 0 amide bonds. The van der Waals surface area contributed by atoms with Crippen LogP contribution in [0.3, 0.4) is 0 Å². The summed E-state index contributed by atoms with van der Waals surface area (Å²) in [5.41, 5.74) is 3.15. The zero-order valence-electron chi connectivity index (χ0n) is 17.4. The molecule has 0 aliphatic rings. The first kappa shape index (κ1) is 21.7. The van der Waals surface area contributed by atoms with Gasteiger partial charge in [-0.05, 0) is 36.4 Å². The Morgan fingerprint density at radius 3 is 2.06 bits per heavy atom. The van der Waals surface area contributed by atoms with Gasteiger partial charge in [-0.15, -0.1) is 0 Å². The van der Waals surface area contributed by atoms with Crippen LogP contribution in [0.2, 0.25) is 0 Å². The van der Waals surface area contributed by atoms with Crippen LogP contribution in [0.15, 0.2) is 91.0 Å². The van der Waals surface area contributed by atoms with Gasteiger partial charge in [0.1, 0.15) is 12.4 Å². The number of pyridine rings is 1. The molecular formula is C26H23NO4. The van der Waals surface area contributed by atoms with Gasteiger partial charge in [0, 0.05) is 23.4 Å². The van der Waals surface area contributed by atoms with E-state index in [1.807, 2.05) is 78.9 Å². The van der Waals surface area contributed by atoms with Gasteiger partial charge in [-0.3, -0.25) is 9.59 Å². The van der Waals surface area contributed by atoms with E-state index in [1.54, 1.807) is 12.1 Å². The number of ketones is 1. The molecule has 156 valence electrons. The van der Waals surface area contributed by atoms with Crippen molar-refractivity contribution >= 4 is 22.7 Å². The van der Waals surface area contributed by atoms with Crippen molar-refractivity contribution in [3.8, 4) is 5.75 Å². The second-order valence-electron chi connectivity index (χ2n) is 6.70. The first-order valence-electron chi connectivity index (χ1n) is 9.78. The van der Waals surface area contributed by atoms with Gasteiger partial charge in [0.15, 0.2) is 5.78 Å².